The Morgan fingerprint density at radius 2 is 2.26 bits per heavy atom. The van der Waals surface area contributed by atoms with Crippen molar-refractivity contribution in [2.24, 2.45) is 0 Å². The second kappa shape index (κ2) is 7.30. The van der Waals surface area contributed by atoms with E-state index in [0.29, 0.717) is 41.3 Å². The number of amides is 1. The van der Waals surface area contributed by atoms with Crippen LogP contribution in [0.15, 0.2) is 28.8 Å². The number of aromatic nitrogens is 1. The molecule has 2 atom stereocenters. The maximum atomic E-state index is 12.8. The molecule has 0 aliphatic carbocycles. The van der Waals surface area contributed by atoms with Crippen LogP contribution in [0.2, 0.25) is 0 Å². The van der Waals surface area contributed by atoms with Crippen molar-refractivity contribution in [3.8, 4) is 5.75 Å². The van der Waals surface area contributed by atoms with Crippen molar-refractivity contribution in [3.05, 3.63) is 45.6 Å². The van der Waals surface area contributed by atoms with Gasteiger partial charge >= 0.3 is 0 Å². The minimum absolute atomic E-state index is 0.227. The van der Waals surface area contributed by atoms with E-state index < -0.39 is 12.1 Å². The molecule has 0 bridgehead atoms. The molecule has 2 N–H and O–H groups in total. The van der Waals surface area contributed by atoms with Crippen LogP contribution in [0.25, 0.3) is 11.0 Å². The summed E-state index contributed by atoms with van der Waals surface area (Å²) in [5, 5.41) is 14.3. The number of aliphatic hydroxyl groups is 1. The molecule has 27 heavy (non-hydrogen) atoms. The highest BCUT2D eigenvalue weighted by Gasteiger charge is 2.29. The zero-order valence-electron chi connectivity index (χ0n) is 15.0. The Balaban J connectivity index is 1.56. The molecule has 142 valence electrons. The number of carbonyl (C=O) groups excluding carboxylic acids is 1. The van der Waals surface area contributed by atoms with Crippen molar-refractivity contribution in [3.63, 3.8) is 0 Å². The minimum Gasteiger partial charge on any atom is -0.488 e. The molecule has 1 aromatic carbocycles. The molecule has 1 amide bonds. The molecule has 0 spiro atoms. The van der Waals surface area contributed by atoms with Crippen LogP contribution in [0, 0.1) is 13.8 Å². The maximum absolute atomic E-state index is 12.8. The van der Waals surface area contributed by atoms with Crippen LogP contribution in [-0.2, 0) is 11.3 Å². The fourth-order valence-electron chi connectivity index (χ4n) is 3.12. The number of fused-ring (bicyclic) bond motifs is 1. The number of furan rings is 1. The number of carbonyl (C=O) groups is 1. The minimum atomic E-state index is -0.700. The zero-order chi connectivity index (χ0) is 19.0. The van der Waals surface area contributed by atoms with Crippen molar-refractivity contribution < 1.29 is 23.8 Å². The smallest absolute Gasteiger partial charge is 0.255 e. The van der Waals surface area contributed by atoms with Gasteiger partial charge in [0.1, 0.15) is 23.7 Å². The number of nitrogens with one attached hydrogen (secondary N) is 1. The van der Waals surface area contributed by atoms with E-state index in [4.69, 9.17) is 13.9 Å². The van der Waals surface area contributed by atoms with Gasteiger partial charge in [0.2, 0.25) is 0 Å². The van der Waals surface area contributed by atoms with Gasteiger partial charge < -0.3 is 24.3 Å². The van der Waals surface area contributed by atoms with Crippen LogP contribution in [0.3, 0.4) is 0 Å². The fraction of sp³-hybridized carbons (Fsp3) is 0.368. The third kappa shape index (κ3) is 3.69. The highest BCUT2D eigenvalue weighted by atomic mass is 32.1. The number of aryl methyl sites for hydroxylation is 2. The Hall–Kier alpha value is -2.42. The average Bonchev–Trinajstić information content (AvgIpc) is 3.31. The third-order valence-corrected chi connectivity index (χ3v) is 5.37. The van der Waals surface area contributed by atoms with E-state index >= 15 is 0 Å². The van der Waals surface area contributed by atoms with E-state index in [1.54, 1.807) is 36.6 Å². The summed E-state index contributed by atoms with van der Waals surface area (Å²) in [4.78, 5) is 18.0. The predicted octanol–water partition coefficient (Wildman–Crippen LogP) is 2.57. The number of nitrogens with zero attached hydrogens (tertiary/aromatic N) is 1. The lowest BCUT2D eigenvalue weighted by Gasteiger charge is -2.14. The Morgan fingerprint density at radius 3 is 2.96 bits per heavy atom. The van der Waals surface area contributed by atoms with Crippen molar-refractivity contribution in [2.75, 3.05) is 13.2 Å². The topological polar surface area (TPSA) is 93.8 Å². The van der Waals surface area contributed by atoms with E-state index in [2.05, 4.69) is 10.3 Å². The standard InChI is InChI=1S/C19H20N2O5S/c1-10-18(19(23)21-15-8-24-9-16(15)22)14-5-12(3-4-17(14)26-10)25-7-13-6-20-11(2)27-13/h3-6,15-16,22H,7-9H2,1-2H3,(H,21,23)/t15-,16+/m0/s1. The van der Waals surface area contributed by atoms with Crippen molar-refractivity contribution >= 4 is 28.2 Å². The summed E-state index contributed by atoms with van der Waals surface area (Å²) >= 11 is 1.59. The SMILES string of the molecule is Cc1ncc(COc2ccc3oc(C)c(C(=O)N[C@H]4COC[C@H]4O)c3c2)s1. The molecule has 1 aliphatic heterocycles. The Kier molecular flexibility index (Phi) is 4.86. The van der Waals surface area contributed by atoms with Crippen molar-refractivity contribution in [1.29, 1.82) is 0 Å². The summed E-state index contributed by atoms with van der Waals surface area (Å²) < 4.78 is 16.7. The van der Waals surface area contributed by atoms with Gasteiger partial charge in [-0.3, -0.25) is 4.79 Å². The molecule has 3 heterocycles. The summed E-state index contributed by atoms with van der Waals surface area (Å²) in [6.07, 6.45) is 1.10. The molecule has 1 fully saturated rings. The Morgan fingerprint density at radius 1 is 1.41 bits per heavy atom. The molecule has 3 aromatic rings. The monoisotopic (exact) mass is 388 g/mol. The van der Waals surface area contributed by atoms with E-state index in [9.17, 15) is 9.90 Å². The molecule has 0 unspecified atom stereocenters. The summed E-state index contributed by atoms with van der Waals surface area (Å²) in [5.74, 6) is 0.870. The highest BCUT2D eigenvalue weighted by molar-refractivity contribution is 7.11. The van der Waals surface area contributed by atoms with Crippen LogP contribution in [0.4, 0.5) is 0 Å². The Labute approximate surface area is 159 Å². The van der Waals surface area contributed by atoms with Crippen molar-refractivity contribution in [2.45, 2.75) is 32.6 Å². The normalized spacial score (nSPS) is 19.5. The van der Waals surface area contributed by atoms with E-state index in [0.717, 1.165) is 9.88 Å². The second-order valence-electron chi connectivity index (χ2n) is 6.51. The van der Waals surface area contributed by atoms with Gasteiger partial charge in [-0.05, 0) is 32.0 Å². The number of ether oxygens (including phenoxy) is 2. The zero-order valence-corrected chi connectivity index (χ0v) is 15.8. The molecule has 1 saturated heterocycles. The van der Waals surface area contributed by atoms with Crippen LogP contribution >= 0.6 is 11.3 Å². The van der Waals surface area contributed by atoms with Crippen molar-refractivity contribution in [1.82, 2.24) is 10.3 Å². The van der Waals surface area contributed by atoms with Gasteiger partial charge in [-0.25, -0.2) is 4.98 Å². The predicted molar refractivity (Wildman–Crippen MR) is 100 cm³/mol. The van der Waals surface area contributed by atoms with Gasteiger partial charge in [0.05, 0.1) is 40.8 Å². The molecule has 0 radical (unpaired) electrons. The summed E-state index contributed by atoms with van der Waals surface area (Å²) in [6, 6.07) is 4.99. The van der Waals surface area contributed by atoms with Crippen LogP contribution in [0.1, 0.15) is 26.0 Å². The first-order chi connectivity index (χ1) is 13.0. The molecule has 8 heteroatoms. The van der Waals surface area contributed by atoms with Gasteiger partial charge in [0.15, 0.2) is 0 Å². The lowest BCUT2D eigenvalue weighted by molar-refractivity contribution is 0.0886. The lowest BCUT2D eigenvalue weighted by Crippen LogP contribution is -2.42. The van der Waals surface area contributed by atoms with Gasteiger partial charge in [-0.2, -0.15) is 0 Å². The Bertz CT molecular complexity index is 980. The lowest BCUT2D eigenvalue weighted by atomic mass is 10.1. The largest absolute Gasteiger partial charge is 0.488 e. The summed E-state index contributed by atoms with van der Waals surface area (Å²) in [5.41, 5.74) is 1.06. The highest BCUT2D eigenvalue weighted by Crippen LogP contribution is 2.30. The van der Waals surface area contributed by atoms with E-state index in [1.807, 2.05) is 13.0 Å². The first-order valence-electron chi connectivity index (χ1n) is 8.65. The molecule has 7 nitrogen and oxygen atoms in total. The number of benzene rings is 1. The molecule has 0 saturated carbocycles. The number of aliphatic hydroxyl groups excluding tert-OH is 1. The molecular formula is C19H20N2O5S. The van der Waals surface area contributed by atoms with Gasteiger partial charge in [0, 0.05) is 11.6 Å². The third-order valence-electron chi connectivity index (χ3n) is 4.48. The van der Waals surface area contributed by atoms with Gasteiger partial charge in [0.25, 0.3) is 5.91 Å². The molecule has 2 aromatic heterocycles. The number of hydrogen-bond donors (Lipinski definition) is 2. The number of rotatable bonds is 5. The summed E-state index contributed by atoms with van der Waals surface area (Å²) in [7, 11) is 0. The molecular weight excluding hydrogens is 368 g/mol. The summed E-state index contributed by atoms with van der Waals surface area (Å²) in [6.45, 7) is 4.64. The first-order valence-corrected chi connectivity index (χ1v) is 9.47. The molecule has 4 rings (SSSR count). The number of thiazole rings is 1. The van der Waals surface area contributed by atoms with Crippen LogP contribution in [-0.4, -0.2) is 41.4 Å². The van der Waals surface area contributed by atoms with Crippen LogP contribution in [0.5, 0.6) is 5.75 Å². The van der Waals surface area contributed by atoms with E-state index in [1.165, 1.54) is 0 Å². The fourth-order valence-corrected chi connectivity index (χ4v) is 3.83. The maximum Gasteiger partial charge on any atom is 0.255 e. The first kappa shape index (κ1) is 18.0. The quantitative estimate of drug-likeness (QED) is 0.698. The van der Waals surface area contributed by atoms with Crippen LogP contribution < -0.4 is 10.1 Å². The average molecular weight is 388 g/mol. The van der Waals surface area contributed by atoms with Gasteiger partial charge in [-0.1, -0.05) is 0 Å². The van der Waals surface area contributed by atoms with Gasteiger partial charge in [-0.15, -0.1) is 11.3 Å². The van der Waals surface area contributed by atoms with E-state index in [-0.39, 0.29) is 12.5 Å². The number of hydrogen-bond acceptors (Lipinski definition) is 7. The molecule has 1 aliphatic rings. The second-order valence-corrected chi connectivity index (χ2v) is 7.83.